The van der Waals surface area contributed by atoms with Gasteiger partial charge in [0.1, 0.15) is 0 Å². The third-order valence-corrected chi connectivity index (χ3v) is 4.75. The largest absolute Gasteiger partial charge is 0.297 e. The molecule has 2 aliphatic rings. The highest BCUT2D eigenvalue weighted by atomic mass is 16.1. The van der Waals surface area contributed by atoms with Crippen molar-refractivity contribution in [3.63, 3.8) is 0 Å². The zero-order valence-corrected chi connectivity index (χ0v) is 10.8. The van der Waals surface area contributed by atoms with E-state index in [1.54, 1.807) is 0 Å². The molecule has 1 unspecified atom stereocenters. The standard InChI is InChI=1S/C14H25NO/c1-3-14(2,13(16)12-8-7-9-12)15-10-5-4-6-11-15/h12H,3-11H2,1-2H3. The molecule has 16 heavy (non-hydrogen) atoms. The molecule has 0 aromatic rings. The number of carbonyl (C=O) groups excluding carboxylic acids is 1. The van der Waals surface area contributed by atoms with Crippen molar-refractivity contribution in [3.05, 3.63) is 0 Å². The summed E-state index contributed by atoms with van der Waals surface area (Å²) in [5, 5.41) is 0. The van der Waals surface area contributed by atoms with Crippen molar-refractivity contribution in [1.29, 1.82) is 0 Å². The topological polar surface area (TPSA) is 20.3 Å². The average molecular weight is 223 g/mol. The van der Waals surface area contributed by atoms with E-state index in [2.05, 4.69) is 18.7 Å². The molecule has 0 amide bonds. The molecule has 2 rings (SSSR count). The number of nitrogens with zero attached hydrogens (tertiary/aromatic N) is 1. The fourth-order valence-electron chi connectivity index (χ4n) is 3.05. The second-order valence-electron chi connectivity index (χ2n) is 5.67. The summed E-state index contributed by atoms with van der Waals surface area (Å²) in [6.45, 7) is 6.61. The Labute approximate surface area is 99.4 Å². The highest BCUT2D eigenvalue weighted by Gasteiger charge is 2.42. The third-order valence-electron chi connectivity index (χ3n) is 4.75. The maximum atomic E-state index is 12.5. The summed E-state index contributed by atoms with van der Waals surface area (Å²) >= 11 is 0. The van der Waals surface area contributed by atoms with E-state index in [4.69, 9.17) is 0 Å². The second kappa shape index (κ2) is 4.87. The Hall–Kier alpha value is -0.370. The van der Waals surface area contributed by atoms with Gasteiger partial charge in [-0.15, -0.1) is 0 Å². The Kier molecular flexibility index (Phi) is 3.68. The van der Waals surface area contributed by atoms with Crippen LogP contribution in [-0.2, 0) is 4.79 Å². The average Bonchev–Trinajstić information content (AvgIpc) is 2.27. The minimum atomic E-state index is -0.161. The van der Waals surface area contributed by atoms with Crippen molar-refractivity contribution in [2.45, 2.75) is 64.3 Å². The van der Waals surface area contributed by atoms with Crippen molar-refractivity contribution < 1.29 is 4.79 Å². The van der Waals surface area contributed by atoms with E-state index >= 15 is 0 Å². The van der Waals surface area contributed by atoms with Gasteiger partial charge in [0.05, 0.1) is 5.54 Å². The fraction of sp³-hybridized carbons (Fsp3) is 0.929. The van der Waals surface area contributed by atoms with Gasteiger partial charge in [-0.2, -0.15) is 0 Å². The SMILES string of the molecule is CCC(C)(C(=O)C1CCC1)N1CCCCC1. The molecule has 2 nitrogen and oxygen atoms in total. The molecule has 1 aliphatic carbocycles. The Morgan fingerprint density at radius 2 is 1.81 bits per heavy atom. The van der Waals surface area contributed by atoms with Gasteiger partial charge in [-0.25, -0.2) is 0 Å². The molecule has 1 saturated carbocycles. The summed E-state index contributed by atoms with van der Waals surface area (Å²) in [7, 11) is 0. The first-order valence-electron chi connectivity index (χ1n) is 6.98. The van der Waals surface area contributed by atoms with Crippen LogP contribution in [0.1, 0.15) is 58.8 Å². The van der Waals surface area contributed by atoms with E-state index in [9.17, 15) is 4.79 Å². The maximum absolute atomic E-state index is 12.5. The molecule has 1 heterocycles. The first kappa shape index (κ1) is 12.1. The molecular weight excluding hydrogens is 198 g/mol. The van der Waals surface area contributed by atoms with Gasteiger partial charge < -0.3 is 0 Å². The summed E-state index contributed by atoms with van der Waals surface area (Å²) in [4.78, 5) is 15.0. The number of Topliss-reactive ketones (excluding diaryl/α,β-unsaturated/α-hetero) is 1. The molecule has 0 aromatic heterocycles. The molecule has 1 atom stereocenters. The molecule has 0 N–H and O–H groups in total. The normalized spacial score (nSPS) is 27.1. The number of carbonyl (C=O) groups is 1. The zero-order valence-electron chi connectivity index (χ0n) is 10.8. The molecule has 0 aromatic carbocycles. The summed E-state index contributed by atoms with van der Waals surface area (Å²) in [6.07, 6.45) is 8.40. The number of likely N-dealkylation sites (tertiary alicyclic amines) is 1. The van der Waals surface area contributed by atoms with Crippen LogP contribution in [0.5, 0.6) is 0 Å². The molecule has 0 radical (unpaired) electrons. The van der Waals surface area contributed by atoms with Gasteiger partial charge in [0, 0.05) is 5.92 Å². The van der Waals surface area contributed by atoms with E-state index in [1.165, 1.54) is 25.7 Å². The molecule has 92 valence electrons. The van der Waals surface area contributed by atoms with E-state index in [-0.39, 0.29) is 5.54 Å². The van der Waals surface area contributed by atoms with Gasteiger partial charge >= 0.3 is 0 Å². The Balaban J connectivity index is 2.06. The van der Waals surface area contributed by atoms with Crippen molar-refractivity contribution in [2.24, 2.45) is 5.92 Å². The fourth-order valence-corrected chi connectivity index (χ4v) is 3.05. The lowest BCUT2D eigenvalue weighted by atomic mass is 9.73. The van der Waals surface area contributed by atoms with Gasteiger partial charge in [0.15, 0.2) is 5.78 Å². The second-order valence-corrected chi connectivity index (χ2v) is 5.67. The molecule has 2 heteroatoms. The van der Waals surface area contributed by atoms with Crippen LogP contribution in [0.3, 0.4) is 0 Å². The van der Waals surface area contributed by atoms with E-state index < -0.39 is 0 Å². The number of ketones is 1. The lowest BCUT2D eigenvalue weighted by Crippen LogP contribution is -2.56. The van der Waals surface area contributed by atoms with Gasteiger partial charge in [0.2, 0.25) is 0 Å². The van der Waals surface area contributed by atoms with Crippen LogP contribution in [0.4, 0.5) is 0 Å². The van der Waals surface area contributed by atoms with E-state index in [1.807, 2.05) is 0 Å². The van der Waals surface area contributed by atoms with Crippen LogP contribution in [0, 0.1) is 5.92 Å². The highest BCUT2D eigenvalue weighted by molar-refractivity contribution is 5.90. The Bertz CT molecular complexity index is 253. The molecule has 0 bridgehead atoms. The lowest BCUT2D eigenvalue weighted by Gasteiger charge is -2.44. The minimum Gasteiger partial charge on any atom is -0.297 e. The van der Waals surface area contributed by atoms with Crippen molar-refractivity contribution in [1.82, 2.24) is 4.90 Å². The summed E-state index contributed by atoms with van der Waals surface area (Å²) in [5.41, 5.74) is -0.161. The van der Waals surface area contributed by atoms with E-state index in [0.717, 1.165) is 32.4 Å². The van der Waals surface area contributed by atoms with Crippen molar-refractivity contribution >= 4 is 5.78 Å². The first-order valence-corrected chi connectivity index (χ1v) is 6.98. The predicted molar refractivity (Wildman–Crippen MR) is 66.5 cm³/mol. The quantitative estimate of drug-likeness (QED) is 0.730. The zero-order chi connectivity index (χ0) is 11.6. The van der Waals surface area contributed by atoms with Crippen LogP contribution in [-0.4, -0.2) is 29.3 Å². The lowest BCUT2D eigenvalue weighted by molar-refractivity contribution is -0.138. The van der Waals surface area contributed by atoms with Crippen molar-refractivity contribution in [3.8, 4) is 0 Å². The van der Waals surface area contributed by atoms with Crippen LogP contribution in [0.2, 0.25) is 0 Å². The Morgan fingerprint density at radius 1 is 1.19 bits per heavy atom. The molecule has 0 spiro atoms. The van der Waals surface area contributed by atoms with Crippen molar-refractivity contribution in [2.75, 3.05) is 13.1 Å². The van der Waals surface area contributed by atoms with Crippen LogP contribution < -0.4 is 0 Å². The molecule has 1 aliphatic heterocycles. The molecule has 2 fully saturated rings. The van der Waals surface area contributed by atoms with Gasteiger partial charge in [-0.1, -0.05) is 19.8 Å². The third kappa shape index (κ3) is 2.04. The number of piperidine rings is 1. The van der Waals surface area contributed by atoms with Gasteiger partial charge in [0.25, 0.3) is 0 Å². The summed E-state index contributed by atoms with van der Waals surface area (Å²) in [6, 6.07) is 0. The van der Waals surface area contributed by atoms with Gasteiger partial charge in [-0.05, 0) is 52.1 Å². The summed E-state index contributed by atoms with van der Waals surface area (Å²) < 4.78 is 0. The van der Waals surface area contributed by atoms with E-state index in [0.29, 0.717) is 11.7 Å². The number of hydrogen-bond acceptors (Lipinski definition) is 2. The predicted octanol–water partition coefficient (Wildman–Crippen LogP) is 3.01. The smallest absolute Gasteiger partial charge is 0.155 e. The van der Waals surface area contributed by atoms with Gasteiger partial charge in [-0.3, -0.25) is 9.69 Å². The van der Waals surface area contributed by atoms with Crippen LogP contribution in [0.25, 0.3) is 0 Å². The summed E-state index contributed by atoms with van der Waals surface area (Å²) in [5.74, 6) is 0.912. The molecule has 1 saturated heterocycles. The van der Waals surface area contributed by atoms with Crippen LogP contribution >= 0.6 is 0 Å². The maximum Gasteiger partial charge on any atom is 0.155 e. The van der Waals surface area contributed by atoms with Crippen LogP contribution in [0.15, 0.2) is 0 Å². The first-order chi connectivity index (χ1) is 7.68. The minimum absolute atomic E-state index is 0.161. The Morgan fingerprint density at radius 3 is 2.25 bits per heavy atom. The highest BCUT2D eigenvalue weighted by Crippen LogP contribution is 2.35. The molecular formula is C14H25NO. The number of hydrogen-bond donors (Lipinski definition) is 0. The monoisotopic (exact) mass is 223 g/mol. The number of rotatable bonds is 4.